The first-order chi connectivity index (χ1) is 8.06. The van der Waals surface area contributed by atoms with Crippen molar-refractivity contribution in [2.45, 2.75) is 19.8 Å². The van der Waals surface area contributed by atoms with Gasteiger partial charge >= 0.3 is 5.97 Å². The number of unbranched alkanes of at least 4 members (excludes halogenated alkanes) is 1. The van der Waals surface area contributed by atoms with Crippen molar-refractivity contribution in [3.63, 3.8) is 0 Å². The highest BCUT2D eigenvalue weighted by Gasteiger charge is 2.11. The van der Waals surface area contributed by atoms with Crippen LogP contribution in [-0.2, 0) is 0 Å². The molecule has 0 aromatic carbocycles. The largest absolute Gasteiger partial charge is 0.478 e. The van der Waals surface area contributed by atoms with Crippen LogP contribution in [0.4, 0.5) is 5.95 Å². The predicted molar refractivity (Wildman–Crippen MR) is 66.4 cm³/mol. The molecule has 1 rings (SSSR count). The van der Waals surface area contributed by atoms with Crippen LogP contribution in [0.25, 0.3) is 0 Å². The number of rotatable bonds is 6. The van der Waals surface area contributed by atoms with Gasteiger partial charge in [-0.25, -0.2) is 14.8 Å². The highest BCUT2D eigenvalue weighted by atomic mass is 16.4. The molecule has 1 N–H and O–H groups in total. The van der Waals surface area contributed by atoms with Gasteiger partial charge in [0.15, 0.2) is 0 Å². The number of hydrogen-bond acceptors (Lipinski definition) is 4. The molecular weight excluding hydrogens is 218 g/mol. The summed E-state index contributed by atoms with van der Waals surface area (Å²) in [6.45, 7) is 6.15. The van der Waals surface area contributed by atoms with Gasteiger partial charge in [0.1, 0.15) is 0 Å². The van der Waals surface area contributed by atoms with Crippen LogP contribution in [-0.4, -0.2) is 34.6 Å². The number of carboxylic acid groups (broad SMARTS) is 1. The van der Waals surface area contributed by atoms with Crippen molar-refractivity contribution in [3.8, 4) is 0 Å². The summed E-state index contributed by atoms with van der Waals surface area (Å²) < 4.78 is 0. The van der Waals surface area contributed by atoms with E-state index in [1.807, 2.05) is 18.0 Å². The lowest BCUT2D eigenvalue weighted by molar-refractivity contribution is 0.0695. The minimum Gasteiger partial charge on any atom is -0.478 e. The molecule has 1 aromatic heterocycles. The van der Waals surface area contributed by atoms with Gasteiger partial charge in [0.2, 0.25) is 5.95 Å². The Bertz CT molecular complexity index is 418. The van der Waals surface area contributed by atoms with Crippen LogP contribution in [0.1, 0.15) is 28.9 Å². The monoisotopic (exact) mass is 235 g/mol. The third-order valence-electron chi connectivity index (χ3n) is 2.44. The lowest BCUT2D eigenvalue weighted by Crippen LogP contribution is -2.21. The number of aryl methyl sites for hydroxylation is 1. The van der Waals surface area contributed by atoms with Gasteiger partial charge in [0.05, 0.1) is 11.3 Å². The molecule has 0 saturated heterocycles. The van der Waals surface area contributed by atoms with Crippen LogP contribution < -0.4 is 4.90 Å². The van der Waals surface area contributed by atoms with Gasteiger partial charge < -0.3 is 10.0 Å². The lowest BCUT2D eigenvalue weighted by atomic mass is 10.2. The Labute approximate surface area is 101 Å². The van der Waals surface area contributed by atoms with E-state index in [2.05, 4.69) is 16.5 Å². The van der Waals surface area contributed by atoms with E-state index < -0.39 is 5.97 Å². The predicted octanol–water partition coefficient (Wildman–Crippen LogP) is 1.89. The molecule has 5 nitrogen and oxygen atoms in total. The lowest BCUT2D eigenvalue weighted by Gasteiger charge is -2.17. The smallest absolute Gasteiger partial charge is 0.339 e. The maximum absolute atomic E-state index is 10.8. The quantitative estimate of drug-likeness (QED) is 0.602. The molecule has 0 atom stereocenters. The number of aromatic carboxylic acids is 1. The van der Waals surface area contributed by atoms with Crippen molar-refractivity contribution in [1.29, 1.82) is 0 Å². The third kappa shape index (κ3) is 3.55. The molecule has 0 aliphatic heterocycles. The van der Waals surface area contributed by atoms with Gasteiger partial charge in [0, 0.05) is 19.8 Å². The van der Waals surface area contributed by atoms with E-state index >= 15 is 0 Å². The van der Waals surface area contributed by atoms with Gasteiger partial charge in [-0.15, -0.1) is 6.58 Å². The van der Waals surface area contributed by atoms with Crippen LogP contribution in [0.5, 0.6) is 0 Å². The summed E-state index contributed by atoms with van der Waals surface area (Å²) >= 11 is 0. The molecule has 1 aromatic rings. The van der Waals surface area contributed by atoms with Crippen molar-refractivity contribution >= 4 is 11.9 Å². The molecule has 0 bridgehead atoms. The number of allylic oxidation sites excluding steroid dienone is 1. The van der Waals surface area contributed by atoms with Crippen LogP contribution in [0.2, 0.25) is 0 Å². The summed E-state index contributed by atoms with van der Waals surface area (Å²) in [5.74, 6) is -0.445. The number of carboxylic acids is 1. The SMILES string of the molecule is C=CCCCN(C)c1ncc(C(=O)O)c(C)n1. The summed E-state index contributed by atoms with van der Waals surface area (Å²) in [5.41, 5.74) is 0.631. The van der Waals surface area contributed by atoms with Gasteiger partial charge in [-0.1, -0.05) is 6.08 Å². The molecule has 0 saturated carbocycles. The average molecular weight is 235 g/mol. The van der Waals surface area contributed by atoms with Gasteiger partial charge in [-0.2, -0.15) is 0 Å². The Balaban J connectivity index is 2.75. The van der Waals surface area contributed by atoms with E-state index in [4.69, 9.17) is 5.11 Å². The van der Waals surface area contributed by atoms with E-state index in [0.29, 0.717) is 11.6 Å². The number of nitrogens with zero attached hydrogens (tertiary/aromatic N) is 3. The molecule has 92 valence electrons. The maximum Gasteiger partial charge on any atom is 0.339 e. The minimum atomic E-state index is -0.997. The zero-order chi connectivity index (χ0) is 12.8. The maximum atomic E-state index is 10.8. The Morgan fingerprint density at radius 3 is 2.88 bits per heavy atom. The number of aromatic nitrogens is 2. The van der Waals surface area contributed by atoms with Crippen LogP contribution in [0.3, 0.4) is 0 Å². The molecule has 0 aliphatic carbocycles. The average Bonchev–Trinajstić information content (AvgIpc) is 2.28. The first-order valence-corrected chi connectivity index (χ1v) is 5.45. The van der Waals surface area contributed by atoms with E-state index in [1.54, 1.807) is 6.92 Å². The molecule has 5 heteroatoms. The molecular formula is C12H17N3O2. The second kappa shape index (κ2) is 5.98. The van der Waals surface area contributed by atoms with Gasteiger partial charge in [-0.05, 0) is 19.8 Å². The molecule has 0 radical (unpaired) electrons. The van der Waals surface area contributed by atoms with E-state index in [0.717, 1.165) is 19.4 Å². The Morgan fingerprint density at radius 1 is 1.65 bits per heavy atom. The Morgan fingerprint density at radius 2 is 2.35 bits per heavy atom. The topological polar surface area (TPSA) is 66.3 Å². The fraction of sp³-hybridized carbons (Fsp3) is 0.417. The van der Waals surface area contributed by atoms with E-state index in [9.17, 15) is 4.79 Å². The van der Waals surface area contributed by atoms with Crippen molar-refractivity contribution in [2.75, 3.05) is 18.5 Å². The van der Waals surface area contributed by atoms with Crippen molar-refractivity contribution in [1.82, 2.24) is 9.97 Å². The first-order valence-electron chi connectivity index (χ1n) is 5.45. The van der Waals surface area contributed by atoms with Crippen LogP contribution in [0.15, 0.2) is 18.9 Å². The van der Waals surface area contributed by atoms with Gasteiger partial charge in [0.25, 0.3) is 0 Å². The zero-order valence-corrected chi connectivity index (χ0v) is 10.2. The molecule has 17 heavy (non-hydrogen) atoms. The van der Waals surface area contributed by atoms with Crippen molar-refractivity contribution in [3.05, 3.63) is 30.1 Å². The Kier molecular flexibility index (Phi) is 4.63. The summed E-state index contributed by atoms with van der Waals surface area (Å²) in [7, 11) is 1.89. The highest BCUT2D eigenvalue weighted by Crippen LogP contribution is 2.10. The second-order valence-electron chi connectivity index (χ2n) is 3.83. The Hall–Kier alpha value is -1.91. The summed E-state index contributed by atoms with van der Waals surface area (Å²) in [6, 6.07) is 0. The van der Waals surface area contributed by atoms with Crippen LogP contribution in [0, 0.1) is 6.92 Å². The minimum absolute atomic E-state index is 0.147. The molecule has 1 heterocycles. The summed E-state index contributed by atoms with van der Waals surface area (Å²) in [4.78, 5) is 20.9. The normalized spacial score (nSPS) is 10.0. The molecule has 0 spiro atoms. The standard InChI is InChI=1S/C12H17N3O2/c1-4-5-6-7-15(3)12-13-8-10(11(16)17)9(2)14-12/h4,8H,1,5-7H2,2-3H3,(H,16,17). The molecule has 0 amide bonds. The first kappa shape index (κ1) is 13.2. The number of carbonyl (C=O) groups is 1. The highest BCUT2D eigenvalue weighted by molar-refractivity contribution is 5.88. The van der Waals surface area contributed by atoms with Crippen molar-refractivity contribution < 1.29 is 9.90 Å². The van der Waals surface area contributed by atoms with Gasteiger partial charge in [-0.3, -0.25) is 0 Å². The second-order valence-corrected chi connectivity index (χ2v) is 3.83. The van der Waals surface area contributed by atoms with E-state index in [-0.39, 0.29) is 5.56 Å². The molecule has 0 aliphatic rings. The fourth-order valence-electron chi connectivity index (χ4n) is 1.42. The summed E-state index contributed by atoms with van der Waals surface area (Å²) in [6.07, 6.45) is 5.14. The number of hydrogen-bond donors (Lipinski definition) is 1. The number of anilines is 1. The molecule has 0 fully saturated rings. The zero-order valence-electron chi connectivity index (χ0n) is 10.2. The summed E-state index contributed by atoms with van der Waals surface area (Å²) in [5, 5.41) is 8.86. The molecule has 0 unspecified atom stereocenters. The van der Waals surface area contributed by atoms with Crippen LogP contribution >= 0.6 is 0 Å². The van der Waals surface area contributed by atoms with Crippen molar-refractivity contribution in [2.24, 2.45) is 0 Å². The van der Waals surface area contributed by atoms with E-state index in [1.165, 1.54) is 6.20 Å². The third-order valence-corrected chi connectivity index (χ3v) is 2.44. The fourth-order valence-corrected chi connectivity index (χ4v) is 1.42.